The molecule has 0 saturated heterocycles. The second kappa shape index (κ2) is 6.12. The smallest absolute Gasteiger partial charge is 0.370 e. The van der Waals surface area contributed by atoms with Crippen molar-refractivity contribution in [3.05, 3.63) is 35.1 Å². The number of nitrogens with one attached hydrogen (secondary N) is 1. The van der Waals surface area contributed by atoms with Crippen LogP contribution in [-0.4, -0.2) is 19.4 Å². The van der Waals surface area contributed by atoms with Crippen LogP contribution in [0.3, 0.4) is 0 Å². The lowest BCUT2D eigenvalue weighted by Gasteiger charge is -2.17. The van der Waals surface area contributed by atoms with Crippen LogP contribution in [0, 0.1) is 12.7 Å². The Morgan fingerprint density at radius 1 is 1.33 bits per heavy atom. The monoisotopic (exact) mass is 266 g/mol. The number of nitrogens with two attached hydrogens (primary N) is 1. The van der Waals surface area contributed by atoms with E-state index >= 15 is 0 Å². The molecule has 0 amide bonds. The van der Waals surface area contributed by atoms with E-state index in [9.17, 15) is 17.6 Å². The fourth-order valence-electron chi connectivity index (χ4n) is 1.50. The molecule has 1 unspecified atom stereocenters. The number of ether oxygens (including phenoxy) is 1. The maximum Gasteiger partial charge on any atom is 0.411 e. The van der Waals surface area contributed by atoms with Crippen molar-refractivity contribution >= 4 is 0 Å². The van der Waals surface area contributed by atoms with Crippen molar-refractivity contribution in [1.29, 1.82) is 0 Å². The lowest BCUT2D eigenvalue weighted by Crippen LogP contribution is -2.32. The summed E-state index contributed by atoms with van der Waals surface area (Å²) in [5.74, 6) is 4.75. The van der Waals surface area contributed by atoms with Gasteiger partial charge < -0.3 is 4.74 Å². The molecule has 102 valence electrons. The van der Waals surface area contributed by atoms with Gasteiger partial charge in [0.25, 0.3) is 0 Å². The van der Waals surface area contributed by atoms with Gasteiger partial charge >= 0.3 is 6.18 Å². The molecule has 0 aliphatic rings. The molecule has 1 atom stereocenters. The first-order chi connectivity index (χ1) is 8.31. The van der Waals surface area contributed by atoms with E-state index in [-0.39, 0.29) is 6.61 Å². The summed E-state index contributed by atoms with van der Waals surface area (Å²) < 4.78 is 53.4. The summed E-state index contributed by atoms with van der Waals surface area (Å²) in [6.07, 6.45) is -4.39. The van der Waals surface area contributed by atoms with Crippen LogP contribution < -0.4 is 11.3 Å². The predicted molar refractivity (Wildman–Crippen MR) is 58.1 cm³/mol. The second-order valence-corrected chi connectivity index (χ2v) is 3.91. The lowest BCUT2D eigenvalue weighted by molar-refractivity contribution is -0.175. The Balaban J connectivity index is 2.65. The van der Waals surface area contributed by atoms with Gasteiger partial charge in [-0.25, -0.2) is 4.39 Å². The first-order valence-corrected chi connectivity index (χ1v) is 5.19. The molecule has 1 rings (SSSR count). The molecule has 7 heteroatoms. The number of halogens is 4. The highest BCUT2D eigenvalue weighted by molar-refractivity contribution is 5.26. The lowest BCUT2D eigenvalue weighted by atomic mass is 10.1. The fraction of sp³-hybridized carbons (Fsp3) is 0.455. The first-order valence-electron chi connectivity index (χ1n) is 5.19. The van der Waals surface area contributed by atoms with Crippen molar-refractivity contribution in [2.24, 2.45) is 5.84 Å². The van der Waals surface area contributed by atoms with Crippen LogP contribution in [0.5, 0.6) is 0 Å². The maximum atomic E-state index is 13.1. The highest BCUT2D eigenvalue weighted by Crippen LogP contribution is 2.19. The van der Waals surface area contributed by atoms with Crippen LogP contribution in [0.25, 0.3) is 0 Å². The molecule has 0 heterocycles. The highest BCUT2D eigenvalue weighted by Gasteiger charge is 2.28. The summed E-state index contributed by atoms with van der Waals surface area (Å²) in [6.45, 7) is 0.0229. The van der Waals surface area contributed by atoms with Crippen molar-refractivity contribution in [3.63, 3.8) is 0 Å². The quantitative estimate of drug-likeness (QED) is 0.488. The third-order valence-corrected chi connectivity index (χ3v) is 2.22. The number of benzene rings is 1. The molecule has 0 saturated carbocycles. The molecule has 3 N–H and O–H groups in total. The van der Waals surface area contributed by atoms with Gasteiger partial charge in [-0.05, 0) is 30.2 Å². The van der Waals surface area contributed by atoms with Gasteiger partial charge in [0.15, 0.2) is 0 Å². The van der Waals surface area contributed by atoms with Gasteiger partial charge in [0.1, 0.15) is 12.4 Å². The average Bonchev–Trinajstić information content (AvgIpc) is 2.21. The van der Waals surface area contributed by atoms with Crippen molar-refractivity contribution in [3.8, 4) is 0 Å². The topological polar surface area (TPSA) is 47.3 Å². The SMILES string of the molecule is Cc1cc(F)cc(C(COCC(F)(F)F)NN)c1. The number of hydrogen-bond acceptors (Lipinski definition) is 3. The Kier molecular flexibility index (Phi) is 5.06. The third kappa shape index (κ3) is 4.99. The Morgan fingerprint density at radius 3 is 2.50 bits per heavy atom. The van der Waals surface area contributed by atoms with E-state index in [0.29, 0.717) is 11.1 Å². The molecule has 0 aliphatic heterocycles. The predicted octanol–water partition coefficient (Wildman–Crippen LogP) is 2.22. The molecule has 3 nitrogen and oxygen atoms in total. The molecule has 0 aliphatic carbocycles. The van der Waals surface area contributed by atoms with Gasteiger partial charge in [-0.2, -0.15) is 13.2 Å². The van der Waals surface area contributed by atoms with E-state index in [1.165, 1.54) is 12.1 Å². The van der Waals surface area contributed by atoms with Crippen LogP contribution in [-0.2, 0) is 4.74 Å². The molecule has 0 radical (unpaired) electrons. The summed E-state index contributed by atoms with van der Waals surface area (Å²) in [4.78, 5) is 0. The normalized spacial score (nSPS) is 13.7. The Morgan fingerprint density at radius 2 is 2.00 bits per heavy atom. The largest absolute Gasteiger partial charge is 0.411 e. The summed E-state index contributed by atoms with van der Waals surface area (Å²) >= 11 is 0. The second-order valence-electron chi connectivity index (χ2n) is 3.91. The number of hydrazine groups is 1. The van der Waals surface area contributed by atoms with Gasteiger partial charge in [-0.1, -0.05) is 6.07 Å². The molecule has 0 spiro atoms. The zero-order chi connectivity index (χ0) is 13.8. The zero-order valence-electron chi connectivity index (χ0n) is 9.72. The molecule has 0 fully saturated rings. The first kappa shape index (κ1) is 14.9. The van der Waals surface area contributed by atoms with Gasteiger partial charge in [-0.15, -0.1) is 0 Å². The summed E-state index contributed by atoms with van der Waals surface area (Å²) in [6, 6.07) is 3.45. The van der Waals surface area contributed by atoms with Crippen LogP contribution in [0.1, 0.15) is 17.2 Å². The molecular weight excluding hydrogens is 252 g/mol. The van der Waals surface area contributed by atoms with E-state index in [2.05, 4.69) is 10.2 Å². The molecule has 18 heavy (non-hydrogen) atoms. The van der Waals surface area contributed by atoms with Gasteiger partial charge in [0.2, 0.25) is 0 Å². The Labute approximate surface area is 102 Å². The minimum atomic E-state index is -4.39. The zero-order valence-corrected chi connectivity index (χ0v) is 9.72. The third-order valence-electron chi connectivity index (χ3n) is 2.22. The van der Waals surface area contributed by atoms with Crippen LogP contribution >= 0.6 is 0 Å². The van der Waals surface area contributed by atoms with Gasteiger partial charge in [-0.3, -0.25) is 11.3 Å². The summed E-state index contributed by atoms with van der Waals surface area (Å²) in [5, 5.41) is 0. The maximum absolute atomic E-state index is 13.1. The van der Waals surface area contributed by atoms with E-state index in [1.807, 2.05) is 0 Å². The van der Waals surface area contributed by atoms with Gasteiger partial charge in [0.05, 0.1) is 12.6 Å². The van der Waals surface area contributed by atoms with Crippen LogP contribution in [0.2, 0.25) is 0 Å². The van der Waals surface area contributed by atoms with Crippen LogP contribution in [0.4, 0.5) is 17.6 Å². The van der Waals surface area contributed by atoms with Crippen molar-refractivity contribution < 1.29 is 22.3 Å². The minimum absolute atomic E-state index is 0.293. The van der Waals surface area contributed by atoms with Crippen molar-refractivity contribution in [1.82, 2.24) is 5.43 Å². The standard InChI is InChI=1S/C11H14F4N2O/c1-7-2-8(4-9(12)3-7)10(17-16)5-18-6-11(13,14)15/h2-4,10,17H,5-6,16H2,1H3. The molecule has 1 aromatic rings. The van der Waals surface area contributed by atoms with Crippen molar-refractivity contribution in [2.45, 2.75) is 19.1 Å². The Hall–Kier alpha value is -1.18. The van der Waals surface area contributed by atoms with Gasteiger partial charge in [0, 0.05) is 0 Å². The number of rotatable bonds is 5. The van der Waals surface area contributed by atoms with E-state index in [1.54, 1.807) is 13.0 Å². The molecular formula is C11H14F4N2O. The Bertz CT molecular complexity index is 375. The van der Waals surface area contributed by atoms with E-state index < -0.39 is 24.6 Å². The van der Waals surface area contributed by atoms with Crippen LogP contribution in [0.15, 0.2) is 18.2 Å². The van der Waals surface area contributed by atoms with Crippen molar-refractivity contribution in [2.75, 3.05) is 13.2 Å². The number of hydrogen-bond donors (Lipinski definition) is 2. The summed E-state index contributed by atoms with van der Waals surface area (Å²) in [5.41, 5.74) is 3.40. The van der Waals surface area contributed by atoms with E-state index in [0.717, 1.165) is 0 Å². The summed E-state index contributed by atoms with van der Waals surface area (Å²) in [7, 11) is 0. The molecule has 1 aromatic carbocycles. The van der Waals surface area contributed by atoms with E-state index in [4.69, 9.17) is 5.84 Å². The number of alkyl halides is 3. The fourth-order valence-corrected chi connectivity index (χ4v) is 1.50. The molecule has 0 aromatic heterocycles. The number of aryl methyl sites for hydroxylation is 1. The highest BCUT2D eigenvalue weighted by atomic mass is 19.4. The average molecular weight is 266 g/mol. The molecule has 0 bridgehead atoms. The minimum Gasteiger partial charge on any atom is -0.370 e.